The topological polar surface area (TPSA) is 32.3 Å². The van der Waals surface area contributed by atoms with Gasteiger partial charge in [-0.2, -0.15) is 0 Å². The molecule has 2 N–H and O–H groups in total. The van der Waals surface area contributed by atoms with Crippen molar-refractivity contribution in [2.24, 2.45) is 0 Å². The zero-order valence-electron chi connectivity index (χ0n) is 10.6. The van der Waals surface area contributed by atoms with Gasteiger partial charge in [-0.15, -0.1) is 0 Å². The highest BCUT2D eigenvalue weighted by molar-refractivity contribution is 5.21. The second-order valence-electron chi connectivity index (χ2n) is 4.40. The Morgan fingerprint density at radius 1 is 1.00 bits per heavy atom. The molecule has 0 heterocycles. The van der Waals surface area contributed by atoms with Gasteiger partial charge in [-0.05, 0) is 23.3 Å². The highest BCUT2D eigenvalue weighted by atomic mass is 19.2. The van der Waals surface area contributed by atoms with Crippen molar-refractivity contribution in [3.63, 3.8) is 0 Å². The largest absolute Gasteiger partial charge is 0.394 e. The lowest BCUT2D eigenvalue weighted by Gasteiger charge is -2.16. The number of hydrogen-bond donors (Lipinski definition) is 2. The number of hydrogen-bond acceptors (Lipinski definition) is 2. The fourth-order valence-corrected chi connectivity index (χ4v) is 1.92. The van der Waals surface area contributed by atoms with Gasteiger partial charge in [0.15, 0.2) is 17.5 Å². The first-order valence-corrected chi connectivity index (χ1v) is 6.14. The minimum absolute atomic E-state index is 0.119. The number of rotatable bonds is 5. The predicted octanol–water partition coefficient (Wildman–Crippen LogP) is 2.93. The van der Waals surface area contributed by atoms with E-state index in [0.717, 1.165) is 17.7 Å². The second-order valence-corrected chi connectivity index (χ2v) is 4.40. The Hall–Kier alpha value is -1.85. The first kappa shape index (κ1) is 14.6. The Bertz CT molecular complexity index is 552. The molecule has 0 aliphatic rings. The van der Waals surface area contributed by atoms with Crippen LogP contribution in [-0.2, 0) is 6.54 Å². The van der Waals surface area contributed by atoms with Crippen LogP contribution in [-0.4, -0.2) is 11.7 Å². The van der Waals surface area contributed by atoms with Crippen LogP contribution in [0.1, 0.15) is 17.2 Å². The Kier molecular flexibility index (Phi) is 4.76. The maximum absolute atomic E-state index is 13.1. The van der Waals surface area contributed by atoms with Gasteiger partial charge in [0.05, 0.1) is 12.6 Å². The molecule has 0 bridgehead atoms. The van der Waals surface area contributed by atoms with Crippen molar-refractivity contribution >= 4 is 0 Å². The number of halogens is 3. The Morgan fingerprint density at radius 2 is 1.60 bits per heavy atom. The van der Waals surface area contributed by atoms with Crippen LogP contribution in [0.3, 0.4) is 0 Å². The minimum atomic E-state index is -1.48. The molecule has 1 unspecified atom stereocenters. The average molecular weight is 281 g/mol. The molecule has 0 aliphatic carbocycles. The molecule has 0 aliphatic heterocycles. The summed E-state index contributed by atoms with van der Waals surface area (Å²) < 4.78 is 39.0. The predicted molar refractivity (Wildman–Crippen MR) is 69.4 cm³/mol. The molecule has 2 aromatic rings. The highest BCUT2D eigenvalue weighted by Crippen LogP contribution is 2.16. The zero-order valence-corrected chi connectivity index (χ0v) is 10.6. The maximum Gasteiger partial charge on any atom is 0.194 e. The van der Waals surface area contributed by atoms with Gasteiger partial charge in [0.25, 0.3) is 0 Å². The van der Waals surface area contributed by atoms with Gasteiger partial charge in [-0.3, -0.25) is 0 Å². The molecule has 0 fully saturated rings. The third kappa shape index (κ3) is 3.37. The lowest BCUT2D eigenvalue weighted by Crippen LogP contribution is -2.24. The SMILES string of the molecule is OCC(NCc1cc(F)c(F)c(F)c1)c1ccccc1. The van der Waals surface area contributed by atoms with E-state index in [0.29, 0.717) is 0 Å². The van der Waals surface area contributed by atoms with Crippen molar-refractivity contribution in [1.29, 1.82) is 0 Å². The summed E-state index contributed by atoms with van der Waals surface area (Å²) in [5.41, 5.74) is 1.13. The highest BCUT2D eigenvalue weighted by Gasteiger charge is 2.13. The Balaban J connectivity index is 2.07. The van der Waals surface area contributed by atoms with Gasteiger partial charge in [0.1, 0.15) is 0 Å². The molecule has 1 atom stereocenters. The summed E-state index contributed by atoms with van der Waals surface area (Å²) in [6.45, 7) is -0.0373. The number of nitrogens with one attached hydrogen (secondary N) is 1. The summed E-state index contributed by atoms with van der Waals surface area (Å²) in [5, 5.41) is 12.3. The molecule has 0 amide bonds. The second kappa shape index (κ2) is 6.54. The number of benzene rings is 2. The Morgan fingerprint density at radius 3 is 2.15 bits per heavy atom. The van der Waals surface area contributed by atoms with E-state index in [2.05, 4.69) is 5.32 Å². The van der Waals surface area contributed by atoms with E-state index in [1.807, 2.05) is 30.3 Å². The first-order chi connectivity index (χ1) is 9.61. The molecule has 20 heavy (non-hydrogen) atoms. The van der Waals surface area contributed by atoms with Crippen LogP contribution in [0.5, 0.6) is 0 Å². The lowest BCUT2D eigenvalue weighted by molar-refractivity contribution is 0.243. The standard InChI is InChI=1S/C15H14F3NO/c16-12-6-10(7-13(17)15(12)18)8-19-14(9-20)11-4-2-1-3-5-11/h1-7,14,19-20H,8-9H2. The normalized spacial score (nSPS) is 12.4. The molecule has 2 rings (SSSR count). The fraction of sp³-hybridized carbons (Fsp3) is 0.200. The summed E-state index contributed by atoms with van der Waals surface area (Å²) >= 11 is 0. The summed E-state index contributed by atoms with van der Waals surface area (Å²) in [6.07, 6.45) is 0. The molecular weight excluding hydrogens is 267 g/mol. The van der Waals surface area contributed by atoms with E-state index in [-0.39, 0.29) is 24.8 Å². The maximum atomic E-state index is 13.1. The van der Waals surface area contributed by atoms with Gasteiger partial charge in [0, 0.05) is 6.54 Å². The van der Waals surface area contributed by atoms with Crippen molar-refractivity contribution in [3.8, 4) is 0 Å². The molecule has 0 saturated carbocycles. The summed E-state index contributed by atoms with van der Waals surface area (Å²) in [6, 6.07) is 10.7. The van der Waals surface area contributed by atoms with Crippen molar-refractivity contribution in [1.82, 2.24) is 5.32 Å². The van der Waals surface area contributed by atoms with Crippen LogP contribution >= 0.6 is 0 Å². The summed E-state index contributed by atoms with van der Waals surface area (Å²) in [7, 11) is 0. The van der Waals surface area contributed by atoms with Gasteiger partial charge in [0.2, 0.25) is 0 Å². The van der Waals surface area contributed by atoms with Crippen LogP contribution in [0.25, 0.3) is 0 Å². The first-order valence-electron chi connectivity index (χ1n) is 6.14. The van der Waals surface area contributed by atoms with Gasteiger partial charge in [-0.1, -0.05) is 30.3 Å². The Labute approximate surface area is 114 Å². The van der Waals surface area contributed by atoms with Gasteiger partial charge in [-0.25, -0.2) is 13.2 Å². The molecule has 0 spiro atoms. The third-order valence-electron chi connectivity index (χ3n) is 2.98. The van der Waals surface area contributed by atoms with E-state index in [9.17, 15) is 18.3 Å². The zero-order chi connectivity index (χ0) is 14.5. The van der Waals surface area contributed by atoms with Crippen molar-refractivity contribution in [3.05, 3.63) is 71.0 Å². The fourth-order valence-electron chi connectivity index (χ4n) is 1.92. The molecule has 0 saturated heterocycles. The molecule has 5 heteroatoms. The molecule has 2 nitrogen and oxygen atoms in total. The van der Waals surface area contributed by atoms with Crippen LogP contribution < -0.4 is 5.32 Å². The third-order valence-corrected chi connectivity index (χ3v) is 2.98. The van der Waals surface area contributed by atoms with Crippen molar-refractivity contribution in [2.45, 2.75) is 12.6 Å². The smallest absolute Gasteiger partial charge is 0.194 e. The number of aliphatic hydroxyl groups excluding tert-OH is 1. The molecule has 0 aromatic heterocycles. The monoisotopic (exact) mass is 281 g/mol. The van der Waals surface area contributed by atoms with E-state index in [1.165, 1.54) is 0 Å². The minimum Gasteiger partial charge on any atom is -0.394 e. The summed E-state index contributed by atoms with van der Waals surface area (Å²) in [4.78, 5) is 0. The lowest BCUT2D eigenvalue weighted by atomic mass is 10.1. The summed E-state index contributed by atoms with van der Waals surface area (Å²) in [5.74, 6) is -3.92. The van der Waals surface area contributed by atoms with E-state index in [4.69, 9.17) is 0 Å². The van der Waals surface area contributed by atoms with Crippen LogP contribution in [0.15, 0.2) is 42.5 Å². The van der Waals surface area contributed by atoms with Crippen molar-refractivity contribution < 1.29 is 18.3 Å². The van der Waals surface area contributed by atoms with E-state index in [1.54, 1.807) is 0 Å². The number of aliphatic hydroxyl groups is 1. The molecule has 2 aromatic carbocycles. The van der Waals surface area contributed by atoms with Crippen LogP contribution in [0.4, 0.5) is 13.2 Å². The molecule has 106 valence electrons. The van der Waals surface area contributed by atoms with Crippen LogP contribution in [0, 0.1) is 17.5 Å². The van der Waals surface area contributed by atoms with Gasteiger partial charge >= 0.3 is 0 Å². The average Bonchev–Trinajstić information content (AvgIpc) is 2.46. The van der Waals surface area contributed by atoms with E-state index >= 15 is 0 Å². The van der Waals surface area contributed by atoms with Crippen LogP contribution in [0.2, 0.25) is 0 Å². The van der Waals surface area contributed by atoms with E-state index < -0.39 is 17.5 Å². The quantitative estimate of drug-likeness (QED) is 0.826. The van der Waals surface area contributed by atoms with Crippen molar-refractivity contribution in [2.75, 3.05) is 6.61 Å². The van der Waals surface area contributed by atoms with Gasteiger partial charge < -0.3 is 10.4 Å². The molecular formula is C15H14F3NO. The molecule has 0 radical (unpaired) electrons.